The van der Waals surface area contributed by atoms with Crippen molar-refractivity contribution in [3.05, 3.63) is 0 Å². The molecule has 6 heteroatoms. The van der Waals surface area contributed by atoms with Crippen molar-refractivity contribution in [1.82, 2.24) is 14.0 Å². The van der Waals surface area contributed by atoms with Crippen LogP contribution in [-0.4, -0.2) is 56.3 Å². The molecule has 0 heterocycles. The summed E-state index contributed by atoms with van der Waals surface area (Å²) < 4.78 is 6.69. The van der Waals surface area contributed by atoms with Crippen molar-refractivity contribution in [1.29, 1.82) is 0 Å². The Morgan fingerprint density at radius 2 is 0.833 bits per heavy atom. The molecule has 80 valence electrons. The van der Waals surface area contributed by atoms with Gasteiger partial charge < -0.3 is 24.0 Å². The molecule has 0 radical (unpaired) electrons. The molecule has 0 amide bonds. The van der Waals surface area contributed by atoms with E-state index in [1.54, 1.807) is 0 Å². The Kier molecular flexibility index (Phi) is 14.6. The standard InChI is InChI=1S/C6H18N3P.Cu.HI/c1-7(2)10(8(3)4)9(5)6;;/h1-6H3;;1H/q;+1;/p-1. The van der Waals surface area contributed by atoms with Crippen molar-refractivity contribution in [2.24, 2.45) is 0 Å². The quantitative estimate of drug-likeness (QED) is 0.327. The zero-order valence-corrected chi connectivity index (χ0v) is 12.5. The van der Waals surface area contributed by atoms with Crippen LogP contribution in [0.5, 0.6) is 0 Å². The normalized spacial score (nSPS) is 10.5. The van der Waals surface area contributed by atoms with Crippen LogP contribution in [0.2, 0.25) is 0 Å². The Morgan fingerprint density at radius 3 is 0.833 bits per heavy atom. The molecule has 3 nitrogen and oxygen atoms in total. The van der Waals surface area contributed by atoms with Crippen LogP contribution < -0.4 is 24.0 Å². The van der Waals surface area contributed by atoms with E-state index in [0.29, 0.717) is 0 Å². The van der Waals surface area contributed by atoms with Crippen molar-refractivity contribution in [2.75, 3.05) is 42.3 Å². The second-order valence-corrected chi connectivity index (χ2v) is 5.75. The van der Waals surface area contributed by atoms with E-state index < -0.39 is 0 Å². The Labute approximate surface area is 105 Å². The maximum Gasteiger partial charge on any atom is 1.00 e. The van der Waals surface area contributed by atoms with E-state index in [1.165, 1.54) is 0 Å². The van der Waals surface area contributed by atoms with Crippen LogP contribution in [0.4, 0.5) is 0 Å². The maximum absolute atomic E-state index is 2.23. The predicted octanol–water partition coefficient (Wildman–Crippen LogP) is -2.10. The second kappa shape index (κ2) is 9.13. The van der Waals surface area contributed by atoms with Crippen LogP contribution in [0.15, 0.2) is 0 Å². The first-order valence-corrected chi connectivity index (χ1v) is 4.48. The molecule has 0 atom stereocenters. The topological polar surface area (TPSA) is 9.72 Å². The molecular formula is C6H18CuIN3P. The van der Waals surface area contributed by atoms with Gasteiger partial charge in [-0.2, -0.15) is 0 Å². The molecule has 0 aromatic rings. The van der Waals surface area contributed by atoms with Gasteiger partial charge >= 0.3 is 17.1 Å². The molecule has 0 unspecified atom stereocenters. The minimum Gasteiger partial charge on any atom is -1.00 e. The van der Waals surface area contributed by atoms with E-state index in [0.717, 1.165) is 0 Å². The van der Waals surface area contributed by atoms with Crippen LogP contribution in [0.25, 0.3) is 0 Å². The van der Waals surface area contributed by atoms with Gasteiger partial charge in [0.05, 0.1) is 0 Å². The summed E-state index contributed by atoms with van der Waals surface area (Å²) in [6, 6.07) is 0. The molecule has 0 N–H and O–H groups in total. The molecule has 0 aromatic carbocycles. The minimum absolute atomic E-state index is 0. The van der Waals surface area contributed by atoms with Gasteiger partial charge in [-0.3, -0.25) is 14.0 Å². The summed E-state index contributed by atoms with van der Waals surface area (Å²) in [6.07, 6.45) is 0. The van der Waals surface area contributed by atoms with Gasteiger partial charge in [-0.05, 0) is 42.3 Å². The van der Waals surface area contributed by atoms with Crippen LogP contribution in [0.3, 0.4) is 0 Å². The molecule has 0 saturated carbocycles. The number of nitrogens with zero attached hydrogens (tertiary/aromatic N) is 3. The first-order valence-electron chi connectivity index (χ1n) is 3.28. The molecule has 0 bridgehead atoms. The molecule has 0 aromatic heterocycles. The molecule has 0 aliphatic rings. The molecule has 0 rings (SSSR count). The van der Waals surface area contributed by atoms with Crippen LogP contribution in [0, 0.1) is 0 Å². The van der Waals surface area contributed by atoms with Crippen molar-refractivity contribution >= 4 is 8.37 Å². The minimum atomic E-state index is -0.238. The molecule has 0 fully saturated rings. The zero-order valence-electron chi connectivity index (χ0n) is 8.47. The summed E-state index contributed by atoms with van der Waals surface area (Å²) in [6.45, 7) is 0. The molecule has 0 aliphatic carbocycles. The third kappa shape index (κ3) is 7.01. The largest absolute Gasteiger partial charge is 1.00 e. The Balaban J connectivity index is -0.000000405. The van der Waals surface area contributed by atoms with Crippen molar-refractivity contribution in [3.63, 3.8) is 0 Å². The Hall–Kier alpha value is 1.56. The zero-order chi connectivity index (χ0) is 8.31. The van der Waals surface area contributed by atoms with Gasteiger partial charge in [0.25, 0.3) is 0 Å². The van der Waals surface area contributed by atoms with Gasteiger partial charge in [0.2, 0.25) is 0 Å². The van der Waals surface area contributed by atoms with Gasteiger partial charge in [-0.15, -0.1) is 0 Å². The molecule has 0 saturated heterocycles. The first kappa shape index (κ1) is 19.2. The number of hydrogen-bond donors (Lipinski definition) is 0. The summed E-state index contributed by atoms with van der Waals surface area (Å²) in [7, 11) is 12.4. The number of hydrogen-bond acceptors (Lipinski definition) is 3. The van der Waals surface area contributed by atoms with E-state index in [4.69, 9.17) is 0 Å². The Morgan fingerprint density at radius 1 is 0.667 bits per heavy atom. The van der Waals surface area contributed by atoms with Crippen molar-refractivity contribution in [2.45, 2.75) is 0 Å². The fourth-order valence-corrected chi connectivity index (χ4v) is 3.22. The van der Waals surface area contributed by atoms with Gasteiger partial charge in [-0.25, -0.2) is 0 Å². The molecular weight excluding hydrogens is 336 g/mol. The monoisotopic (exact) mass is 353 g/mol. The summed E-state index contributed by atoms with van der Waals surface area (Å²) in [5.74, 6) is 0. The van der Waals surface area contributed by atoms with E-state index in [2.05, 4.69) is 56.3 Å². The van der Waals surface area contributed by atoms with Gasteiger partial charge in [0.15, 0.2) is 0 Å². The van der Waals surface area contributed by atoms with E-state index >= 15 is 0 Å². The SMILES string of the molecule is CN(C)P(N(C)C)N(C)C.[Cu+].[I-]. The molecule has 0 aliphatic heterocycles. The van der Waals surface area contributed by atoms with Crippen LogP contribution >= 0.6 is 8.37 Å². The second-order valence-electron chi connectivity index (χ2n) is 2.81. The van der Waals surface area contributed by atoms with E-state index in [-0.39, 0.29) is 49.4 Å². The van der Waals surface area contributed by atoms with Gasteiger partial charge in [0.1, 0.15) is 8.37 Å². The third-order valence-electron chi connectivity index (χ3n) is 1.07. The number of halogens is 1. The van der Waals surface area contributed by atoms with Gasteiger partial charge in [0, 0.05) is 0 Å². The Bertz CT molecular complexity index is 83.8. The van der Waals surface area contributed by atoms with Crippen molar-refractivity contribution in [3.8, 4) is 0 Å². The fourth-order valence-electron chi connectivity index (χ4n) is 1.07. The summed E-state index contributed by atoms with van der Waals surface area (Å²) in [5, 5.41) is 0. The average Bonchev–Trinajstić information content (AvgIpc) is 1.59. The van der Waals surface area contributed by atoms with E-state index in [1.807, 2.05) is 0 Å². The van der Waals surface area contributed by atoms with Gasteiger partial charge in [-0.1, -0.05) is 0 Å². The summed E-state index contributed by atoms with van der Waals surface area (Å²) in [5.41, 5.74) is 0. The fraction of sp³-hybridized carbons (Fsp3) is 1.00. The molecule has 0 spiro atoms. The summed E-state index contributed by atoms with van der Waals surface area (Å²) in [4.78, 5) is 0. The van der Waals surface area contributed by atoms with Crippen LogP contribution in [-0.2, 0) is 17.1 Å². The van der Waals surface area contributed by atoms with E-state index in [9.17, 15) is 0 Å². The number of rotatable bonds is 3. The third-order valence-corrected chi connectivity index (χ3v) is 3.22. The molecule has 12 heavy (non-hydrogen) atoms. The smallest absolute Gasteiger partial charge is 1.00 e. The average molecular weight is 354 g/mol. The first-order chi connectivity index (χ1) is 4.46. The maximum atomic E-state index is 2.23. The predicted molar refractivity (Wildman–Crippen MR) is 48.0 cm³/mol. The van der Waals surface area contributed by atoms with Crippen LogP contribution in [0.1, 0.15) is 0 Å². The summed E-state index contributed by atoms with van der Waals surface area (Å²) >= 11 is 0. The van der Waals surface area contributed by atoms with Crippen molar-refractivity contribution < 1.29 is 41.0 Å².